The number of ether oxygens (including phenoxy) is 2. The summed E-state index contributed by atoms with van der Waals surface area (Å²) in [6.07, 6.45) is 4.56. The Kier molecular flexibility index (Phi) is 6.16. The number of benzene rings is 2. The smallest absolute Gasteiger partial charge is 0.387 e. The van der Waals surface area contributed by atoms with Crippen LogP contribution in [0.5, 0.6) is 11.5 Å². The van der Waals surface area contributed by atoms with Crippen LogP contribution in [0.25, 0.3) is 17.0 Å². The zero-order chi connectivity index (χ0) is 19.9. The molecule has 0 saturated carbocycles. The van der Waals surface area contributed by atoms with Crippen LogP contribution < -0.4 is 14.8 Å². The fourth-order valence-corrected chi connectivity index (χ4v) is 2.64. The van der Waals surface area contributed by atoms with Crippen LogP contribution in [0.2, 0.25) is 0 Å². The Morgan fingerprint density at radius 1 is 1.18 bits per heavy atom. The Morgan fingerprint density at radius 2 is 2.00 bits per heavy atom. The van der Waals surface area contributed by atoms with E-state index >= 15 is 0 Å². The molecule has 1 aromatic heterocycles. The molecule has 7 heteroatoms. The third-order valence-electron chi connectivity index (χ3n) is 3.80. The highest BCUT2D eigenvalue weighted by atomic mass is 19.3. The number of anilines is 1. The van der Waals surface area contributed by atoms with Crippen molar-refractivity contribution in [2.45, 2.75) is 13.5 Å². The average molecular weight is 384 g/mol. The van der Waals surface area contributed by atoms with E-state index in [1.54, 1.807) is 31.3 Å². The van der Waals surface area contributed by atoms with E-state index in [1.165, 1.54) is 18.2 Å². The monoisotopic (exact) mass is 384 g/mol. The number of hydrogen-bond donors (Lipinski definition) is 1. The van der Waals surface area contributed by atoms with Crippen molar-refractivity contribution in [3.05, 3.63) is 66.4 Å². The minimum atomic E-state index is -2.94. The molecule has 1 heterocycles. The van der Waals surface area contributed by atoms with Crippen molar-refractivity contribution in [3.8, 4) is 11.5 Å². The van der Waals surface area contributed by atoms with E-state index in [2.05, 4.69) is 15.0 Å². The Labute approximate surface area is 160 Å². The first-order valence-electron chi connectivity index (χ1n) is 8.61. The molecule has 3 rings (SSSR count). The molecular formula is C21H18F2N2O3. The van der Waals surface area contributed by atoms with Crippen molar-refractivity contribution < 1.29 is 23.0 Å². The number of amides is 1. The van der Waals surface area contributed by atoms with Gasteiger partial charge in [-0.15, -0.1) is 0 Å². The maximum Gasteiger partial charge on any atom is 0.387 e. The lowest BCUT2D eigenvalue weighted by molar-refractivity contribution is -0.111. The van der Waals surface area contributed by atoms with E-state index in [1.807, 2.05) is 24.3 Å². The number of carbonyl (C=O) groups is 1. The number of alkyl halides is 2. The van der Waals surface area contributed by atoms with E-state index in [4.69, 9.17) is 4.74 Å². The maximum absolute atomic E-state index is 12.5. The predicted molar refractivity (Wildman–Crippen MR) is 104 cm³/mol. The molecule has 1 N–H and O–H groups in total. The highest BCUT2D eigenvalue weighted by Gasteiger charge is 2.11. The van der Waals surface area contributed by atoms with Gasteiger partial charge in [-0.1, -0.05) is 24.3 Å². The van der Waals surface area contributed by atoms with Gasteiger partial charge in [0.15, 0.2) is 11.5 Å². The SMILES string of the molecule is CCOc1cc(/C=C/C(=O)Nc2cccc3cccnc23)ccc1OC(F)F. The first-order chi connectivity index (χ1) is 13.6. The number of nitrogens with zero attached hydrogens (tertiary/aromatic N) is 1. The summed E-state index contributed by atoms with van der Waals surface area (Å²) >= 11 is 0. The van der Waals surface area contributed by atoms with Gasteiger partial charge in [-0.25, -0.2) is 0 Å². The molecule has 0 aliphatic carbocycles. The van der Waals surface area contributed by atoms with Gasteiger partial charge in [0.2, 0.25) is 5.91 Å². The zero-order valence-electron chi connectivity index (χ0n) is 15.1. The van der Waals surface area contributed by atoms with Crippen LogP contribution in [0.3, 0.4) is 0 Å². The van der Waals surface area contributed by atoms with Crippen LogP contribution in [-0.2, 0) is 4.79 Å². The molecule has 0 bridgehead atoms. The molecule has 0 spiro atoms. The highest BCUT2D eigenvalue weighted by Crippen LogP contribution is 2.30. The third-order valence-corrected chi connectivity index (χ3v) is 3.80. The summed E-state index contributed by atoms with van der Waals surface area (Å²) in [5.74, 6) is -0.215. The van der Waals surface area contributed by atoms with Crippen LogP contribution >= 0.6 is 0 Å². The van der Waals surface area contributed by atoms with E-state index < -0.39 is 6.61 Å². The lowest BCUT2D eigenvalue weighted by Gasteiger charge is -2.11. The molecule has 0 radical (unpaired) electrons. The lowest BCUT2D eigenvalue weighted by Crippen LogP contribution is -2.08. The number of rotatable bonds is 7. The molecule has 3 aromatic rings. The first kappa shape index (κ1) is 19.3. The quantitative estimate of drug-likeness (QED) is 0.590. The van der Waals surface area contributed by atoms with Crippen molar-refractivity contribution in [1.29, 1.82) is 0 Å². The van der Waals surface area contributed by atoms with Crippen LogP contribution in [0.1, 0.15) is 12.5 Å². The van der Waals surface area contributed by atoms with Gasteiger partial charge in [0.05, 0.1) is 17.8 Å². The van der Waals surface area contributed by atoms with Crippen molar-refractivity contribution in [2.75, 3.05) is 11.9 Å². The molecule has 0 aliphatic rings. The second-order valence-corrected chi connectivity index (χ2v) is 5.72. The predicted octanol–water partition coefficient (Wildman–Crippen LogP) is 4.89. The molecule has 0 fully saturated rings. The normalized spacial score (nSPS) is 11.1. The second-order valence-electron chi connectivity index (χ2n) is 5.72. The number of aromatic nitrogens is 1. The molecule has 0 unspecified atom stereocenters. The van der Waals surface area contributed by atoms with Gasteiger partial charge >= 0.3 is 6.61 Å². The minimum absolute atomic E-state index is 0.0553. The topological polar surface area (TPSA) is 60.5 Å². The summed E-state index contributed by atoms with van der Waals surface area (Å²) in [4.78, 5) is 16.6. The van der Waals surface area contributed by atoms with Crippen molar-refractivity contribution in [1.82, 2.24) is 4.98 Å². The number of pyridine rings is 1. The van der Waals surface area contributed by atoms with E-state index in [0.717, 1.165) is 5.39 Å². The number of para-hydroxylation sites is 1. The Balaban J connectivity index is 1.75. The van der Waals surface area contributed by atoms with Crippen LogP contribution in [0.4, 0.5) is 14.5 Å². The van der Waals surface area contributed by atoms with Gasteiger partial charge in [-0.05, 0) is 42.8 Å². The van der Waals surface area contributed by atoms with E-state index in [9.17, 15) is 13.6 Å². The number of hydrogen-bond acceptors (Lipinski definition) is 4. The summed E-state index contributed by atoms with van der Waals surface area (Å²) in [5.41, 5.74) is 1.90. The van der Waals surface area contributed by atoms with Gasteiger partial charge in [-0.3, -0.25) is 9.78 Å². The fraction of sp³-hybridized carbons (Fsp3) is 0.143. The Morgan fingerprint density at radius 3 is 2.79 bits per heavy atom. The standard InChI is InChI=1S/C21H18F2N2O3/c1-2-27-18-13-14(8-10-17(18)28-21(22)23)9-11-19(26)25-16-7-3-5-15-6-4-12-24-20(15)16/h3-13,21H,2H2,1H3,(H,25,26)/b11-9+. The maximum atomic E-state index is 12.5. The van der Waals surface area contributed by atoms with Crippen molar-refractivity contribution in [3.63, 3.8) is 0 Å². The molecule has 2 aromatic carbocycles. The second kappa shape index (κ2) is 8.94. The first-order valence-corrected chi connectivity index (χ1v) is 8.61. The zero-order valence-corrected chi connectivity index (χ0v) is 15.1. The molecule has 0 aliphatic heterocycles. The van der Waals surface area contributed by atoms with E-state index in [0.29, 0.717) is 23.4 Å². The van der Waals surface area contributed by atoms with Crippen LogP contribution in [0.15, 0.2) is 60.8 Å². The molecular weight excluding hydrogens is 366 g/mol. The molecule has 5 nitrogen and oxygen atoms in total. The fourth-order valence-electron chi connectivity index (χ4n) is 2.64. The molecule has 144 valence electrons. The summed E-state index contributed by atoms with van der Waals surface area (Å²) in [6, 6.07) is 13.7. The number of carbonyl (C=O) groups excluding carboxylic acids is 1. The van der Waals surface area contributed by atoms with Gasteiger partial charge in [-0.2, -0.15) is 8.78 Å². The number of nitrogens with one attached hydrogen (secondary N) is 1. The molecule has 1 amide bonds. The molecule has 0 atom stereocenters. The Bertz CT molecular complexity index is 1000. The molecule has 0 saturated heterocycles. The van der Waals surface area contributed by atoms with Gasteiger partial charge in [0.25, 0.3) is 0 Å². The average Bonchev–Trinajstić information content (AvgIpc) is 2.68. The minimum Gasteiger partial charge on any atom is -0.490 e. The Hall–Kier alpha value is -3.48. The van der Waals surface area contributed by atoms with Crippen LogP contribution in [0, 0.1) is 0 Å². The summed E-state index contributed by atoms with van der Waals surface area (Å²) in [7, 11) is 0. The van der Waals surface area contributed by atoms with Crippen molar-refractivity contribution in [2.24, 2.45) is 0 Å². The van der Waals surface area contributed by atoms with Gasteiger partial charge in [0.1, 0.15) is 0 Å². The third kappa shape index (κ3) is 4.82. The van der Waals surface area contributed by atoms with Gasteiger partial charge < -0.3 is 14.8 Å². The summed E-state index contributed by atoms with van der Waals surface area (Å²) in [6.45, 7) is -0.914. The lowest BCUT2D eigenvalue weighted by atomic mass is 10.1. The number of halogens is 2. The summed E-state index contributed by atoms with van der Waals surface area (Å²) < 4.78 is 34.7. The number of fused-ring (bicyclic) bond motifs is 1. The summed E-state index contributed by atoms with van der Waals surface area (Å²) in [5, 5.41) is 3.71. The highest BCUT2D eigenvalue weighted by molar-refractivity contribution is 6.06. The van der Waals surface area contributed by atoms with Gasteiger partial charge in [0, 0.05) is 17.7 Å². The van der Waals surface area contributed by atoms with Crippen LogP contribution in [-0.4, -0.2) is 24.1 Å². The largest absolute Gasteiger partial charge is 0.490 e. The van der Waals surface area contributed by atoms with E-state index in [-0.39, 0.29) is 17.4 Å². The van der Waals surface area contributed by atoms with Crippen molar-refractivity contribution >= 4 is 28.6 Å². The molecule has 28 heavy (non-hydrogen) atoms.